The van der Waals surface area contributed by atoms with Crippen LogP contribution in [0.25, 0.3) is 0 Å². The first kappa shape index (κ1) is 12.6. The summed E-state index contributed by atoms with van der Waals surface area (Å²) in [6.07, 6.45) is 0. The molecule has 1 amide bonds. The number of rotatable bonds is 4. The first-order valence-electron chi connectivity index (χ1n) is 4.67. The van der Waals surface area contributed by atoms with Crippen LogP contribution in [0.3, 0.4) is 0 Å². The molecule has 6 nitrogen and oxygen atoms in total. The number of nitriles is 1. The molecule has 0 aromatic heterocycles. The number of carbonyl (C=O) groups is 1. The molecule has 0 fully saturated rings. The van der Waals surface area contributed by atoms with Crippen LogP contribution in [0.1, 0.15) is 0 Å². The molecular formula is C11H12N2O4. The van der Waals surface area contributed by atoms with Crippen molar-refractivity contribution >= 4 is 11.6 Å². The van der Waals surface area contributed by atoms with Gasteiger partial charge in [0.05, 0.1) is 21.3 Å². The Labute approximate surface area is 98.7 Å². The fourth-order valence-electron chi connectivity index (χ4n) is 1.31. The molecule has 1 aromatic rings. The van der Waals surface area contributed by atoms with Gasteiger partial charge in [-0.1, -0.05) is 0 Å². The van der Waals surface area contributed by atoms with Gasteiger partial charge in [0, 0.05) is 17.8 Å². The molecule has 90 valence electrons. The summed E-state index contributed by atoms with van der Waals surface area (Å²) in [4.78, 5) is 10.9. The number of amides is 1. The lowest BCUT2D eigenvalue weighted by molar-refractivity contribution is -0.111. The normalized spacial score (nSPS) is 9.06. The summed E-state index contributed by atoms with van der Waals surface area (Å²) in [5.41, 5.74) is 0.394. The summed E-state index contributed by atoms with van der Waals surface area (Å²) in [6, 6.07) is 4.53. The van der Waals surface area contributed by atoms with Crippen LogP contribution >= 0.6 is 0 Å². The molecule has 6 heteroatoms. The predicted octanol–water partition coefficient (Wildman–Crippen LogP) is 1.17. The molecule has 0 spiro atoms. The van der Waals surface area contributed by atoms with Crippen LogP contribution in [0.15, 0.2) is 12.1 Å². The van der Waals surface area contributed by atoms with Gasteiger partial charge in [-0.15, -0.1) is 0 Å². The van der Waals surface area contributed by atoms with Crippen LogP contribution in [-0.2, 0) is 4.79 Å². The minimum Gasteiger partial charge on any atom is -0.493 e. The van der Waals surface area contributed by atoms with Gasteiger partial charge in [0.15, 0.2) is 17.6 Å². The fraction of sp³-hybridized carbons (Fsp3) is 0.273. The van der Waals surface area contributed by atoms with Crippen molar-refractivity contribution in [3.8, 4) is 23.3 Å². The van der Waals surface area contributed by atoms with E-state index >= 15 is 0 Å². The molecule has 0 radical (unpaired) electrons. The van der Waals surface area contributed by atoms with Gasteiger partial charge < -0.3 is 19.5 Å². The van der Waals surface area contributed by atoms with E-state index in [4.69, 9.17) is 19.5 Å². The standard InChI is InChI=1S/C11H12N2O4/c1-15-8-4-7(13-10(14)6-12)5-9(16-2)11(8)17-3/h4-5H,1-3H3,(H,13,14). The van der Waals surface area contributed by atoms with Crippen LogP contribution < -0.4 is 19.5 Å². The van der Waals surface area contributed by atoms with E-state index in [2.05, 4.69) is 5.32 Å². The second-order valence-corrected chi connectivity index (χ2v) is 2.98. The third-order valence-electron chi connectivity index (χ3n) is 2.02. The number of ether oxygens (including phenoxy) is 3. The third kappa shape index (κ3) is 2.78. The predicted molar refractivity (Wildman–Crippen MR) is 60.3 cm³/mol. The van der Waals surface area contributed by atoms with E-state index in [1.54, 1.807) is 0 Å². The van der Waals surface area contributed by atoms with Crippen LogP contribution in [0.5, 0.6) is 17.2 Å². The summed E-state index contributed by atoms with van der Waals surface area (Å²) >= 11 is 0. The van der Waals surface area contributed by atoms with Crippen LogP contribution in [0.4, 0.5) is 5.69 Å². The molecule has 0 saturated heterocycles. The van der Waals surface area contributed by atoms with E-state index in [0.717, 1.165) is 0 Å². The van der Waals surface area contributed by atoms with E-state index in [1.807, 2.05) is 0 Å². The first-order valence-corrected chi connectivity index (χ1v) is 4.67. The van der Waals surface area contributed by atoms with E-state index < -0.39 is 5.91 Å². The van der Waals surface area contributed by atoms with Crippen LogP contribution in [0, 0.1) is 11.3 Å². The molecule has 0 aliphatic rings. The Balaban J connectivity index is 3.18. The topological polar surface area (TPSA) is 80.6 Å². The number of nitrogens with one attached hydrogen (secondary N) is 1. The van der Waals surface area contributed by atoms with Crippen molar-refractivity contribution in [3.05, 3.63) is 12.1 Å². The molecule has 1 N–H and O–H groups in total. The molecule has 0 saturated carbocycles. The Bertz CT molecular complexity index is 440. The number of nitrogens with zero attached hydrogens (tertiary/aromatic N) is 1. The zero-order valence-electron chi connectivity index (χ0n) is 9.73. The Morgan fingerprint density at radius 2 is 1.71 bits per heavy atom. The lowest BCUT2D eigenvalue weighted by atomic mass is 10.2. The molecule has 0 aliphatic heterocycles. The number of benzene rings is 1. The van der Waals surface area contributed by atoms with E-state index in [-0.39, 0.29) is 0 Å². The van der Waals surface area contributed by atoms with Gasteiger partial charge in [-0.3, -0.25) is 4.79 Å². The van der Waals surface area contributed by atoms with E-state index in [1.165, 1.54) is 39.5 Å². The molecule has 0 bridgehead atoms. The lowest BCUT2D eigenvalue weighted by Crippen LogP contribution is -2.08. The van der Waals surface area contributed by atoms with Crippen LogP contribution in [-0.4, -0.2) is 27.2 Å². The minimum absolute atomic E-state index is 0.394. The SMILES string of the molecule is COc1cc(NC(=O)C#N)cc(OC)c1OC. The molecule has 1 rings (SSSR count). The summed E-state index contributed by atoms with van der Waals surface area (Å²) in [6.45, 7) is 0. The number of hydrogen-bond donors (Lipinski definition) is 1. The molecule has 1 aromatic carbocycles. The molecule has 0 atom stereocenters. The smallest absolute Gasteiger partial charge is 0.326 e. The van der Waals surface area contributed by atoms with Gasteiger partial charge in [-0.05, 0) is 0 Å². The average molecular weight is 236 g/mol. The first-order chi connectivity index (χ1) is 8.15. The van der Waals surface area contributed by atoms with Gasteiger partial charge in [0.2, 0.25) is 5.75 Å². The van der Waals surface area contributed by atoms with Gasteiger partial charge in [0.25, 0.3) is 0 Å². The van der Waals surface area contributed by atoms with E-state index in [0.29, 0.717) is 22.9 Å². The average Bonchev–Trinajstić information content (AvgIpc) is 2.37. The second kappa shape index (κ2) is 5.61. The lowest BCUT2D eigenvalue weighted by Gasteiger charge is -2.13. The highest BCUT2D eigenvalue weighted by molar-refractivity contribution is 6.02. The Kier molecular flexibility index (Phi) is 4.17. The van der Waals surface area contributed by atoms with Gasteiger partial charge >= 0.3 is 5.91 Å². The highest BCUT2D eigenvalue weighted by Crippen LogP contribution is 2.39. The highest BCUT2D eigenvalue weighted by atomic mass is 16.5. The molecule has 0 aliphatic carbocycles. The summed E-state index contributed by atoms with van der Waals surface area (Å²) in [5.74, 6) is 0.462. The zero-order valence-corrected chi connectivity index (χ0v) is 9.73. The van der Waals surface area contributed by atoms with Crippen molar-refractivity contribution in [2.24, 2.45) is 0 Å². The van der Waals surface area contributed by atoms with Crippen molar-refractivity contribution in [1.29, 1.82) is 5.26 Å². The molecular weight excluding hydrogens is 224 g/mol. The Morgan fingerprint density at radius 3 is 2.06 bits per heavy atom. The maximum atomic E-state index is 10.9. The van der Waals surface area contributed by atoms with Gasteiger partial charge in [-0.25, -0.2) is 0 Å². The minimum atomic E-state index is -0.765. The monoisotopic (exact) mass is 236 g/mol. The number of anilines is 1. The van der Waals surface area contributed by atoms with Gasteiger partial charge in [0.1, 0.15) is 0 Å². The molecule has 0 heterocycles. The Hall–Kier alpha value is -2.42. The van der Waals surface area contributed by atoms with Crippen molar-refractivity contribution in [2.75, 3.05) is 26.6 Å². The van der Waals surface area contributed by atoms with Crippen molar-refractivity contribution in [1.82, 2.24) is 0 Å². The summed E-state index contributed by atoms with van der Waals surface area (Å²) < 4.78 is 15.3. The van der Waals surface area contributed by atoms with Crippen molar-refractivity contribution < 1.29 is 19.0 Å². The zero-order chi connectivity index (χ0) is 12.8. The maximum Gasteiger partial charge on any atom is 0.326 e. The second-order valence-electron chi connectivity index (χ2n) is 2.98. The highest BCUT2D eigenvalue weighted by Gasteiger charge is 2.14. The fourth-order valence-corrected chi connectivity index (χ4v) is 1.31. The van der Waals surface area contributed by atoms with Crippen LogP contribution in [0.2, 0.25) is 0 Å². The number of methoxy groups -OCH3 is 3. The van der Waals surface area contributed by atoms with Gasteiger partial charge in [-0.2, -0.15) is 5.26 Å². The van der Waals surface area contributed by atoms with Crippen molar-refractivity contribution in [2.45, 2.75) is 0 Å². The van der Waals surface area contributed by atoms with E-state index in [9.17, 15) is 4.79 Å². The summed E-state index contributed by atoms with van der Waals surface area (Å²) in [5, 5.41) is 10.8. The number of hydrogen-bond acceptors (Lipinski definition) is 5. The van der Waals surface area contributed by atoms with Crippen molar-refractivity contribution in [3.63, 3.8) is 0 Å². The third-order valence-corrected chi connectivity index (χ3v) is 2.02. The molecule has 0 unspecified atom stereocenters. The molecule has 17 heavy (non-hydrogen) atoms. The largest absolute Gasteiger partial charge is 0.493 e. The quantitative estimate of drug-likeness (QED) is 0.794. The maximum absolute atomic E-state index is 10.9. The number of carbonyl (C=O) groups excluding carboxylic acids is 1. The Morgan fingerprint density at radius 1 is 1.18 bits per heavy atom. The summed E-state index contributed by atoms with van der Waals surface area (Å²) in [7, 11) is 4.41.